The molecule has 66 valence electrons. The first-order valence-corrected chi connectivity index (χ1v) is 5.24. The smallest absolute Gasteiger partial charge is 0.324 e. The average molecular weight is 178 g/mol. The Labute approximate surface area is 67.3 Å². The summed E-state index contributed by atoms with van der Waals surface area (Å²) in [5.74, 6) is 0.164. The SMILES string of the molecule is C=CC(C)CC(C)P(=O)(O)O. The maximum absolute atomic E-state index is 10.6. The fourth-order valence-corrected chi connectivity index (χ4v) is 1.38. The fourth-order valence-electron chi connectivity index (χ4n) is 0.772. The summed E-state index contributed by atoms with van der Waals surface area (Å²) in [4.78, 5) is 17.4. The average Bonchev–Trinajstić information content (AvgIpc) is 1.85. The number of rotatable bonds is 4. The molecular formula is C7H15O3P. The van der Waals surface area contributed by atoms with Crippen LogP contribution in [0, 0.1) is 5.92 Å². The van der Waals surface area contributed by atoms with Crippen LogP contribution in [0.1, 0.15) is 20.3 Å². The summed E-state index contributed by atoms with van der Waals surface area (Å²) in [6.45, 7) is 6.99. The molecule has 0 aliphatic rings. The Morgan fingerprint density at radius 1 is 1.55 bits per heavy atom. The predicted octanol–water partition coefficient (Wildman–Crippen LogP) is 1.76. The highest BCUT2D eigenvalue weighted by atomic mass is 31.2. The molecule has 0 radical (unpaired) electrons. The molecule has 0 aromatic heterocycles. The first kappa shape index (κ1) is 10.9. The van der Waals surface area contributed by atoms with Gasteiger partial charge >= 0.3 is 7.60 Å². The zero-order valence-electron chi connectivity index (χ0n) is 6.90. The third-order valence-electron chi connectivity index (χ3n) is 1.69. The molecule has 0 saturated heterocycles. The second-order valence-corrected chi connectivity index (χ2v) is 4.95. The first-order chi connectivity index (χ1) is 4.88. The van der Waals surface area contributed by atoms with Crippen LogP contribution in [0.15, 0.2) is 12.7 Å². The van der Waals surface area contributed by atoms with E-state index in [1.807, 2.05) is 6.92 Å². The number of allylic oxidation sites excluding steroid dienone is 1. The van der Waals surface area contributed by atoms with Crippen molar-refractivity contribution in [2.24, 2.45) is 5.92 Å². The number of hydrogen-bond acceptors (Lipinski definition) is 1. The minimum atomic E-state index is -3.87. The van der Waals surface area contributed by atoms with Crippen LogP contribution in [-0.4, -0.2) is 15.4 Å². The van der Waals surface area contributed by atoms with Gasteiger partial charge in [0.1, 0.15) is 0 Å². The summed E-state index contributed by atoms with van der Waals surface area (Å²) < 4.78 is 10.6. The largest absolute Gasteiger partial charge is 0.328 e. The van der Waals surface area contributed by atoms with Crippen LogP contribution in [0.3, 0.4) is 0 Å². The Bertz CT molecular complexity index is 173. The van der Waals surface area contributed by atoms with Crippen molar-refractivity contribution in [3.63, 3.8) is 0 Å². The van der Waals surface area contributed by atoms with Gasteiger partial charge in [-0.3, -0.25) is 4.57 Å². The molecule has 0 fully saturated rings. The van der Waals surface area contributed by atoms with Gasteiger partial charge in [0, 0.05) is 0 Å². The van der Waals surface area contributed by atoms with E-state index in [1.54, 1.807) is 13.0 Å². The maximum atomic E-state index is 10.6. The van der Waals surface area contributed by atoms with Crippen LogP contribution in [0.5, 0.6) is 0 Å². The van der Waals surface area contributed by atoms with Gasteiger partial charge in [-0.2, -0.15) is 0 Å². The van der Waals surface area contributed by atoms with E-state index in [-0.39, 0.29) is 5.92 Å². The number of hydrogen-bond donors (Lipinski definition) is 2. The van der Waals surface area contributed by atoms with Crippen LogP contribution < -0.4 is 0 Å². The molecule has 2 atom stereocenters. The minimum absolute atomic E-state index is 0.164. The monoisotopic (exact) mass is 178 g/mol. The molecule has 0 aromatic rings. The van der Waals surface area contributed by atoms with E-state index in [1.165, 1.54) is 0 Å². The molecule has 11 heavy (non-hydrogen) atoms. The molecule has 0 bridgehead atoms. The molecule has 2 unspecified atom stereocenters. The van der Waals surface area contributed by atoms with E-state index in [0.717, 1.165) is 0 Å². The van der Waals surface area contributed by atoms with E-state index in [0.29, 0.717) is 6.42 Å². The van der Waals surface area contributed by atoms with Crippen molar-refractivity contribution in [1.82, 2.24) is 0 Å². The van der Waals surface area contributed by atoms with Crippen LogP contribution in [0.25, 0.3) is 0 Å². The van der Waals surface area contributed by atoms with Gasteiger partial charge in [0.25, 0.3) is 0 Å². The second-order valence-electron chi connectivity index (χ2n) is 2.89. The zero-order valence-corrected chi connectivity index (χ0v) is 7.79. The summed E-state index contributed by atoms with van der Waals surface area (Å²) in [6.07, 6.45) is 2.19. The summed E-state index contributed by atoms with van der Waals surface area (Å²) in [5, 5.41) is 0. The Hall–Kier alpha value is -0.110. The molecule has 0 amide bonds. The first-order valence-electron chi connectivity index (χ1n) is 3.55. The maximum Gasteiger partial charge on any atom is 0.328 e. The molecule has 3 nitrogen and oxygen atoms in total. The van der Waals surface area contributed by atoms with Crippen molar-refractivity contribution >= 4 is 7.60 Å². The van der Waals surface area contributed by atoms with Gasteiger partial charge in [0.05, 0.1) is 5.66 Å². The molecule has 0 spiro atoms. The quantitative estimate of drug-likeness (QED) is 0.509. The summed E-state index contributed by atoms with van der Waals surface area (Å²) in [7, 11) is -3.87. The van der Waals surface area contributed by atoms with Crippen molar-refractivity contribution in [2.75, 3.05) is 0 Å². The third-order valence-corrected chi connectivity index (χ3v) is 3.05. The second kappa shape index (κ2) is 4.05. The van der Waals surface area contributed by atoms with Gasteiger partial charge in [-0.1, -0.05) is 19.9 Å². The molecule has 0 aliphatic heterocycles. The van der Waals surface area contributed by atoms with Crippen molar-refractivity contribution < 1.29 is 14.4 Å². The predicted molar refractivity (Wildman–Crippen MR) is 45.5 cm³/mol. The fraction of sp³-hybridized carbons (Fsp3) is 0.714. The highest BCUT2D eigenvalue weighted by Gasteiger charge is 2.24. The van der Waals surface area contributed by atoms with Crippen LogP contribution in [0.4, 0.5) is 0 Å². The third kappa shape index (κ3) is 4.35. The topological polar surface area (TPSA) is 57.5 Å². The standard InChI is InChI=1S/C7H15O3P/c1-4-6(2)5-7(3)11(8,9)10/h4,6-7H,1,5H2,2-3H3,(H2,8,9,10). The van der Waals surface area contributed by atoms with E-state index in [2.05, 4.69) is 6.58 Å². The Kier molecular flexibility index (Phi) is 4.01. The van der Waals surface area contributed by atoms with Gasteiger partial charge in [-0.25, -0.2) is 0 Å². The van der Waals surface area contributed by atoms with Gasteiger partial charge < -0.3 is 9.79 Å². The summed E-state index contributed by atoms with van der Waals surface area (Å²) >= 11 is 0. The summed E-state index contributed by atoms with van der Waals surface area (Å²) in [5.41, 5.74) is -0.560. The lowest BCUT2D eigenvalue weighted by atomic mass is 10.1. The molecule has 0 aromatic carbocycles. The molecular weight excluding hydrogens is 163 g/mol. The van der Waals surface area contributed by atoms with E-state index >= 15 is 0 Å². The van der Waals surface area contributed by atoms with Crippen LogP contribution in [0.2, 0.25) is 0 Å². The Morgan fingerprint density at radius 3 is 2.27 bits per heavy atom. The highest BCUT2D eigenvalue weighted by Crippen LogP contribution is 2.43. The highest BCUT2D eigenvalue weighted by molar-refractivity contribution is 7.52. The Morgan fingerprint density at radius 2 is 2.00 bits per heavy atom. The van der Waals surface area contributed by atoms with Crippen molar-refractivity contribution in [3.05, 3.63) is 12.7 Å². The van der Waals surface area contributed by atoms with Crippen LogP contribution in [-0.2, 0) is 4.57 Å². The minimum Gasteiger partial charge on any atom is -0.324 e. The lowest BCUT2D eigenvalue weighted by molar-refractivity contribution is 0.353. The van der Waals surface area contributed by atoms with Crippen molar-refractivity contribution in [1.29, 1.82) is 0 Å². The molecule has 2 N–H and O–H groups in total. The molecule has 0 aliphatic carbocycles. The van der Waals surface area contributed by atoms with Crippen LogP contribution >= 0.6 is 7.60 Å². The molecule has 0 heterocycles. The summed E-state index contributed by atoms with van der Waals surface area (Å²) in [6, 6.07) is 0. The van der Waals surface area contributed by atoms with E-state index < -0.39 is 13.3 Å². The normalized spacial score (nSPS) is 17.5. The van der Waals surface area contributed by atoms with Crippen molar-refractivity contribution in [2.45, 2.75) is 25.9 Å². The van der Waals surface area contributed by atoms with Gasteiger partial charge in [0.2, 0.25) is 0 Å². The van der Waals surface area contributed by atoms with Gasteiger partial charge in [-0.15, -0.1) is 6.58 Å². The zero-order chi connectivity index (χ0) is 9.07. The molecule has 4 heteroatoms. The lowest BCUT2D eigenvalue weighted by Crippen LogP contribution is -2.07. The van der Waals surface area contributed by atoms with Gasteiger partial charge in [0.15, 0.2) is 0 Å². The van der Waals surface area contributed by atoms with E-state index in [9.17, 15) is 4.57 Å². The Balaban J connectivity index is 3.97. The van der Waals surface area contributed by atoms with Gasteiger partial charge in [-0.05, 0) is 12.3 Å². The molecule has 0 saturated carbocycles. The van der Waals surface area contributed by atoms with Crippen molar-refractivity contribution in [3.8, 4) is 0 Å². The van der Waals surface area contributed by atoms with E-state index in [4.69, 9.17) is 9.79 Å². The lowest BCUT2D eigenvalue weighted by Gasteiger charge is -2.15. The molecule has 0 rings (SSSR count).